The highest BCUT2D eigenvalue weighted by Gasteiger charge is 2.37. The number of hydrogen-bond acceptors (Lipinski definition) is 4. The first-order chi connectivity index (χ1) is 10.4. The maximum atomic E-state index is 11.6. The molecule has 114 valence electrons. The van der Waals surface area contributed by atoms with Crippen molar-refractivity contribution in [1.29, 1.82) is 0 Å². The second-order valence-electron chi connectivity index (χ2n) is 5.13. The van der Waals surface area contributed by atoms with Gasteiger partial charge in [0.1, 0.15) is 17.2 Å². The van der Waals surface area contributed by atoms with Gasteiger partial charge in [-0.15, -0.1) is 0 Å². The van der Waals surface area contributed by atoms with E-state index >= 15 is 0 Å². The quantitative estimate of drug-likeness (QED) is 0.761. The maximum Gasteiger partial charge on any atom is 0.221 e. The third kappa shape index (κ3) is 3.52. The SMILES string of the molecule is CC(=O)C(C)(Oc1ccc(Oc2ccccc2)cc1)C(C)=O. The minimum absolute atomic E-state index is 0.329. The number of hydrogen-bond donors (Lipinski definition) is 0. The number of ketones is 2. The van der Waals surface area contributed by atoms with Crippen LogP contribution in [0.25, 0.3) is 0 Å². The summed E-state index contributed by atoms with van der Waals surface area (Å²) in [6.07, 6.45) is 0. The molecule has 0 spiro atoms. The lowest BCUT2D eigenvalue weighted by Gasteiger charge is -2.25. The molecule has 0 aliphatic rings. The fraction of sp³-hybridized carbons (Fsp3) is 0.222. The number of rotatable bonds is 6. The molecule has 4 nitrogen and oxygen atoms in total. The predicted molar refractivity (Wildman–Crippen MR) is 83.4 cm³/mol. The summed E-state index contributed by atoms with van der Waals surface area (Å²) in [6.45, 7) is 4.16. The van der Waals surface area contributed by atoms with E-state index in [9.17, 15) is 9.59 Å². The Morgan fingerprint density at radius 3 is 1.73 bits per heavy atom. The average molecular weight is 298 g/mol. The molecule has 0 saturated heterocycles. The molecule has 22 heavy (non-hydrogen) atoms. The molecule has 0 N–H and O–H groups in total. The molecule has 0 amide bonds. The number of Topliss-reactive ketones (excluding diaryl/α,β-unsaturated/α-hetero) is 2. The van der Waals surface area contributed by atoms with E-state index in [2.05, 4.69) is 0 Å². The van der Waals surface area contributed by atoms with Crippen LogP contribution in [0.3, 0.4) is 0 Å². The standard InChI is InChI=1S/C18H18O4/c1-13(19)18(3,14(2)20)22-17-11-9-16(10-12-17)21-15-7-5-4-6-8-15/h4-12H,1-3H3. The van der Waals surface area contributed by atoms with Crippen LogP contribution in [0.5, 0.6) is 17.2 Å². The van der Waals surface area contributed by atoms with Gasteiger partial charge < -0.3 is 9.47 Å². The first-order valence-electron chi connectivity index (χ1n) is 6.96. The van der Waals surface area contributed by atoms with Crippen molar-refractivity contribution in [3.05, 3.63) is 54.6 Å². The van der Waals surface area contributed by atoms with Crippen LogP contribution in [0.2, 0.25) is 0 Å². The monoisotopic (exact) mass is 298 g/mol. The van der Waals surface area contributed by atoms with Gasteiger partial charge in [-0.3, -0.25) is 9.59 Å². The first kappa shape index (κ1) is 15.8. The highest BCUT2D eigenvalue weighted by Crippen LogP contribution is 2.26. The van der Waals surface area contributed by atoms with Crippen molar-refractivity contribution in [3.8, 4) is 17.2 Å². The molecule has 0 fully saturated rings. The van der Waals surface area contributed by atoms with E-state index in [1.54, 1.807) is 24.3 Å². The number of ether oxygens (including phenoxy) is 2. The lowest BCUT2D eigenvalue weighted by molar-refractivity contribution is -0.143. The lowest BCUT2D eigenvalue weighted by atomic mass is 9.97. The topological polar surface area (TPSA) is 52.6 Å². The molecule has 0 atom stereocenters. The van der Waals surface area contributed by atoms with E-state index in [4.69, 9.17) is 9.47 Å². The van der Waals surface area contributed by atoms with Gasteiger partial charge in [0.25, 0.3) is 0 Å². The van der Waals surface area contributed by atoms with Crippen LogP contribution >= 0.6 is 0 Å². The first-order valence-corrected chi connectivity index (χ1v) is 6.96. The molecule has 0 unspecified atom stereocenters. The van der Waals surface area contributed by atoms with Crippen molar-refractivity contribution >= 4 is 11.6 Å². The highest BCUT2D eigenvalue weighted by molar-refractivity contribution is 6.08. The van der Waals surface area contributed by atoms with Crippen molar-refractivity contribution in [2.24, 2.45) is 0 Å². The molecule has 0 aromatic heterocycles. The zero-order valence-corrected chi connectivity index (χ0v) is 12.8. The summed E-state index contributed by atoms with van der Waals surface area (Å²) in [5.41, 5.74) is -1.46. The zero-order valence-electron chi connectivity index (χ0n) is 12.8. The summed E-state index contributed by atoms with van der Waals surface area (Å²) in [5, 5.41) is 0. The van der Waals surface area contributed by atoms with Gasteiger partial charge in [-0.2, -0.15) is 0 Å². The fourth-order valence-corrected chi connectivity index (χ4v) is 1.83. The Morgan fingerprint density at radius 1 is 0.773 bits per heavy atom. The van der Waals surface area contributed by atoms with Crippen LogP contribution in [0, 0.1) is 0 Å². The summed E-state index contributed by atoms with van der Waals surface area (Å²) < 4.78 is 11.2. The number of para-hydroxylation sites is 1. The van der Waals surface area contributed by atoms with Crippen molar-refractivity contribution in [1.82, 2.24) is 0 Å². The summed E-state index contributed by atoms with van der Waals surface area (Å²) in [6, 6.07) is 16.2. The Labute approximate surface area is 129 Å². The van der Waals surface area contributed by atoms with Crippen LogP contribution in [-0.4, -0.2) is 17.2 Å². The Kier molecular flexibility index (Phi) is 4.61. The number of carbonyl (C=O) groups excluding carboxylic acids is 2. The minimum atomic E-state index is -1.46. The molecule has 2 aromatic rings. The van der Waals surface area contributed by atoms with Crippen LogP contribution in [-0.2, 0) is 9.59 Å². The van der Waals surface area contributed by atoms with E-state index in [-0.39, 0.29) is 11.6 Å². The van der Waals surface area contributed by atoms with Crippen LogP contribution in [0.15, 0.2) is 54.6 Å². The Balaban J connectivity index is 2.12. The van der Waals surface area contributed by atoms with Gasteiger partial charge in [0, 0.05) is 0 Å². The van der Waals surface area contributed by atoms with Crippen molar-refractivity contribution in [2.45, 2.75) is 26.4 Å². The van der Waals surface area contributed by atoms with E-state index in [0.29, 0.717) is 11.5 Å². The fourth-order valence-electron chi connectivity index (χ4n) is 1.83. The van der Waals surface area contributed by atoms with Gasteiger partial charge in [-0.05, 0) is 57.2 Å². The molecule has 0 heterocycles. The summed E-state index contributed by atoms with van der Waals surface area (Å²) in [7, 11) is 0. The summed E-state index contributed by atoms with van der Waals surface area (Å²) in [4.78, 5) is 23.3. The molecular weight excluding hydrogens is 280 g/mol. The maximum absolute atomic E-state index is 11.6. The Bertz CT molecular complexity index is 645. The van der Waals surface area contributed by atoms with Crippen LogP contribution in [0.4, 0.5) is 0 Å². The summed E-state index contributed by atoms with van der Waals surface area (Å²) >= 11 is 0. The van der Waals surface area contributed by atoms with Crippen LogP contribution < -0.4 is 9.47 Å². The Hall–Kier alpha value is -2.62. The van der Waals surface area contributed by atoms with Crippen molar-refractivity contribution in [3.63, 3.8) is 0 Å². The molecule has 2 aromatic carbocycles. The second kappa shape index (κ2) is 6.43. The Morgan fingerprint density at radius 2 is 1.23 bits per heavy atom. The normalized spacial score (nSPS) is 10.9. The highest BCUT2D eigenvalue weighted by atomic mass is 16.5. The minimum Gasteiger partial charge on any atom is -0.472 e. The molecule has 0 aliphatic heterocycles. The third-order valence-electron chi connectivity index (χ3n) is 3.47. The average Bonchev–Trinajstić information content (AvgIpc) is 2.50. The molecule has 0 radical (unpaired) electrons. The molecular formula is C18H18O4. The third-order valence-corrected chi connectivity index (χ3v) is 3.47. The van der Waals surface area contributed by atoms with E-state index in [1.807, 2.05) is 30.3 Å². The number of carbonyl (C=O) groups is 2. The van der Waals surface area contributed by atoms with E-state index < -0.39 is 5.60 Å². The molecule has 0 aliphatic carbocycles. The van der Waals surface area contributed by atoms with Crippen LogP contribution in [0.1, 0.15) is 20.8 Å². The van der Waals surface area contributed by atoms with E-state index in [0.717, 1.165) is 5.75 Å². The lowest BCUT2D eigenvalue weighted by Crippen LogP contribution is -2.46. The zero-order chi connectivity index (χ0) is 16.2. The van der Waals surface area contributed by atoms with Gasteiger partial charge in [-0.1, -0.05) is 18.2 Å². The van der Waals surface area contributed by atoms with Gasteiger partial charge in [0.05, 0.1) is 0 Å². The van der Waals surface area contributed by atoms with Gasteiger partial charge >= 0.3 is 0 Å². The number of benzene rings is 2. The largest absolute Gasteiger partial charge is 0.472 e. The second-order valence-corrected chi connectivity index (χ2v) is 5.13. The smallest absolute Gasteiger partial charge is 0.221 e. The van der Waals surface area contributed by atoms with Crippen molar-refractivity contribution < 1.29 is 19.1 Å². The van der Waals surface area contributed by atoms with Gasteiger partial charge in [-0.25, -0.2) is 0 Å². The van der Waals surface area contributed by atoms with Gasteiger partial charge in [0.15, 0.2) is 11.6 Å². The summed E-state index contributed by atoms with van der Waals surface area (Å²) in [5.74, 6) is 1.15. The van der Waals surface area contributed by atoms with Gasteiger partial charge in [0.2, 0.25) is 5.60 Å². The van der Waals surface area contributed by atoms with E-state index in [1.165, 1.54) is 20.8 Å². The molecule has 0 bridgehead atoms. The molecule has 0 saturated carbocycles. The molecule has 2 rings (SSSR count). The van der Waals surface area contributed by atoms with Crippen molar-refractivity contribution in [2.75, 3.05) is 0 Å². The predicted octanol–water partition coefficient (Wildman–Crippen LogP) is 3.79. The molecule has 4 heteroatoms.